The monoisotopic (exact) mass is 434 g/mol. The minimum absolute atomic E-state index is 0.0700. The molecule has 0 spiro atoms. The molecular weight excluding hydrogens is 407 g/mol. The van der Waals surface area contributed by atoms with Crippen LogP contribution in [0.1, 0.15) is 47.7 Å². The van der Waals surface area contributed by atoms with Crippen molar-refractivity contribution in [2.24, 2.45) is 5.92 Å². The van der Waals surface area contributed by atoms with Crippen LogP contribution in [0.5, 0.6) is 0 Å². The van der Waals surface area contributed by atoms with Crippen molar-refractivity contribution in [1.29, 1.82) is 0 Å². The zero-order valence-corrected chi connectivity index (χ0v) is 18.3. The fourth-order valence-corrected chi connectivity index (χ4v) is 4.60. The summed E-state index contributed by atoms with van der Waals surface area (Å²) in [5.41, 5.74) is 2.16. The van der Waals surface area contributed by atoms with Gasteiger partial charge in [0.15, 0.2) is 0 Å². The van der Waals surface area contributed by atoms with Crippen LogP contribution in [0, 0.1) is 23.6 Å². The highest BCUT2D eigenvalue weighted by Crippen LogP contribution is 2.43. The van der Waals surface area contributed by atoms with Crippen LogP contribution in [0.4, 0.5) is 4.39 Å². The first-order valence-corrected chi connectivity index (χ1v) is 10.9. The van der Waals surface area contributed by atoms with Gasteiger partial charge in [-0.2, -0.15) is 0 Å². The molecule has 2 fully saturated rings. The van der Waals surface area contributed by atoms with Crippen LogP contribution in [0.15, 0.2) is 48.5 Å². The summed E-state index contributed by atoms with van der Waals surface area (Å²) in [6.07, 6.45) is 0.839. The van der Waals surface area contributed by atoms with E-state index in [1.54, 1.807) is 11.0 Å². The summed E-state index contributed by atoms with van der Waals surface area (Å²) in [4.78, 5) is 28.8. The Morgan fingerprint density at radius 1 is 1.22 bits per heavy atom. The number of aliphatic hydroxyl groups is 1. The van der Waals surface area contributed by atoms with Crippen molar-refractivity contribution in [3.05, 3.63) is 71.0 Å². The number of amides is 2. The van der Waals surface area contributed by atoms with Crippen LogP contribution in [-0.2, 0) is 4.79 Å². The Bertz CT molecular complexity index is 1070. The standard InChI is InChI=1S/C26H27FN2O3/c1-17(2)5-3-6-18-9-11-19(12-10-18)25-22-14-28(15-24(31)29(22)23(25)16-30)26(32)20-7-4-8-21(27)13-20/h4,7-13,17,22-23,25,30H,5,14-16H2,1-2H3/t22-,23-,25+/m0/s1. The van der Waals surface area contributed by atoms with Gasteiger partial charge in [0.05, 0.1) is 18.7 Å². The predicted octanol–water partition coefficient (Wildman–Crippen LogP) is 3.03. The highest BCUT2D eigenvalue weighted by atomic mass is 19.1. The van der Waals surface area contributed by atoms with Gasteiger partial charge in [-0.3, -0.25) is 9.59 Å². The summed E-state index contributed by atoms with van der Waals surface area (Å²) in [5, 5.41) is 9.94. The molecule has 4 rings (SSSR count). The Hall–Kier alpha value is -3.17. The van der Waals surface area contributed by atoms with Crippen LogP contribution >= 0.6 is 0 Å². The van der Waals surface area contributed by atoms with E-state index in [2.05, 4.69) is 25.7 Å². The predicted molar refractivity (Wildman–Crippen MR) is 119 cm³/mol. The van der Waals surface area contributed by atoms with E-state index in [-0.39, 0.29) is 48.5 Å². The molecule has 2 aliphatic heterocycles. The van der Waals surface area contributed by atoms with Crippen LogP contribution in [0.3, 0.4) is 0 Å². The summed E-state index contributed by atoms with van der Waals surface area (Å²) in [6, 6.07) is 12.9. The van der Waals surface area contributed by atoms with E-state index in [1.807, 2.05) is 24.3 Å². The largest absolute Gasteiger partial charge is 0.394 e. The van der Waals surface area contributed by atoms with Gasteiger partial charge in [-0.15, -0.1) is 0 Å². The summed E-state index contributed by atoms with van der Waals surface area (Å²) in [5.74, 6) is 5.74. The number of halogens is 1. The van der Waals surface area contributed by atoms with E-state index in [0.29, 0.717) is 12.5 Å². The topological polar surface area (TPSA) is 60.9 Å². The van der Waals surface area contributed by atoms with E-state index in [9.17, 15) is 19.1 Å². The lowest BCUT2D eigenvalue weighted by atomic mass is 9.73. The summed E-state index contributed by atoms with van der Waals surface area (Å²) >= 11 is 0. The van der Waals surface area contributed by atoms with Gasteiger partial charge in [0.1, 0.15) is 12.4 Å². The zero-order valence-electron chi connectivity index (χ0n) is 18.3. The Kier molecular flexibility index (Phi) is 6.29. The summed E-state index contributed by atoms with van der Waals surface area (Å²) < 4.78 is 13.6. The number of carbonyl (C=O) groups is 2. The third-order valence-corrected chi connectivity index (χ3v) is 6.15. The van der Waals surface area contributed by atoms with Crippen molar-refractivity contribution in [2.45, 2.75) is 38.3 Å². The highest BCUT2D eigenvalue weighted by Gasteiger charge is 2.54. The summed E-state index contributed by atoms with van der Waals surface area (Å²) in [6.45, 7) is 4.39. The van der Waals surface area contributed by atoms with Gasteiger partial charge >= 0.3 is 0 Å². The second kappa shape index (κ2) is 9.13. The number of hydrogen-bond donors (Lipinski definition) is 1. The zero-order chi connectivity index (χ0) is 22.8. The molecule has 0 saturated carbocycles. The van der Waals surface area contributed by atoms with Crippen molar-refractivity contribution in [1.82, 2.24) is 9.80 Å². The quantitative estimate of drug-likeness (QED) is 0.753. The number of nitrogens with zero attached hydrogens (tertiary/aromatic N) is 2. The van der Waals surface area contributed by atoms with E-state index >= 15 is 0 Å². The summed E-state index contributed by atoms with van der Waals surface area (Å²) in [7, 11) is 0. The van der Waals surface area contributed by atoms with Gasteiger partial charge in [-0.05, 0) is 41.8 Å². The maximum Gasteiger partial charge on any atom is 0.254 e. The number of piperazine rings is 1. The fourth-order valence-electron chi connectivity index (χ4n) is 4.60. The second-order valence-corrected chi connectivity index (χ2v) is 8.86. The molecule has 2 aromatic rings. The smallest absolute Gasteiger partial charge is 0.254 e. The average molecular weight is 435 g/mol. The molecule has 166 valence electrons. The van der Waals surface area contributed by atoms with Crippen LogP contribution < -0.4 is 0 Å². The maximum absolute atomic E-state index is 13.6. The van der Waals surface area contributed by atoms with Crippen molar-refractivity contribution >= 4 is 11.8 Å². The van der Waals surface area contributed by atoms with E-state index in [0.717, 1.165) is 17.5 Å². The molecule has 5 nitrogen and oxygen atoms in total. The van der Waals surface area contributed by atoms with Gasteiger partial charge < -0.3 is 14.9 Å². The van der Waals surface area contributed by atoms with Crippen LogP contribution in [0.25, 0.3) is 0 Å². The molecule has 32 heavy (non-hydrogen) atoms. The van der Waals surface area contributed by atoms with E-state index in [1.165, 1.54) is 23.1 Å². The number of fused-ring (bicyclic) bond motifs is 1. The van der Waals surface area contributed by atoms with Crippen molar-refractivity contribution < 1.29 is 19.1 Å². The third kappa shape index (κ3) is 4.26. The minimum atomic E-state index is -0.487. The fraction of sp³-hybridized carbons (Fsp3) is 0.385. The molecule has 1 N–H and O–H groups in total. The molecule has 6 heteroatoms. The van der Waals surface area contributed by atoms with E-state index < -0.39 is 5.82 Å². The first kappa shape index (κ1) is 22.0. The highest BCUT2D eigenvalue weighted by molar-refractivity contribution is 5.97. The Morgan fingerprint density at radius 3 is 2.62 bits per heavy atom. The molecule has 2 aliphatic rings. The molecule has 0 aliphatic carbocycles. The number of rotatable bonds is 4. The normalized spacial score (nSPS) is 22.2. The van der Waals surface area contributed by atoms with Gasteiger partial charge in [-0.25, -0.2) is 4.39 Å². The van der Waals surface area contributed by atoms with Crippen molar-refractivity contribution in [2.75, 3.05) is 19.7 Å². The number of carbonyl (C=O) groups excluding carboxylic acids is 2. The molecule has 2 saturated heterocycles. The van der Waals surface area contributed by atoms with Crippen LogP contribution in [-0.4, -0.2) is 58.5 Å². The van der Waals surface area contributed by atoms with Crippen molar-refractivity contribution in [3.63, 3.8) is 0 Å². The number of hydrogen-bond acceptors (Lipinski definition) is 3. The first-order valence-electron chi connectivity index (χ1n) is 10.9. The second-order valence-electron chi connectivity index (χ2n) is 8.86. The molecule has 2 aromatic carbocycles. The van der Waals surface area contributed by atoms with Gasteiger partial charge in [0.25, 0.3) is 5.91 Å². The Balaban J connectivity index is 1.53. The third-order valence-electron chi connectivity index (χ3n) is 6.15. The van der Waals surface area contributed by atoms with E-state index in [4.69, 9.17) is 0 Å². The lowest BCUT2D eigenvalue weighted by Gasteiger charge is -2.58. The molecular formula is C26H27FN2O3. The Morgan fingerprint density at radius 2 is 1.97 bits per heavy atom. The minimum Gasteiger partial charge on any atom is -0.394 e. The molecule has 2 heterocycles. The Labute approximate surface area is 187 Å². The van der Waals surface area contributed by atoms with Gasteiger partial charge in [-0.1, -0.05) is 43.9 Å². The first-order chi connectivity index (χ1) is 15.4. The lowest BCUT2D eigenvalue weighted by Crippen LogP contribution is -2.73. The molecule has 0 unspecified atom stereocenters. The average Bonchev–Trinajstić information content (AvgIpc) is 2.75. The molecule has 0 radical (unpaired) electrons. The number of benzene rings is 2. The SMILES string of the molecule is CC(C)CC#Cc1ccc([C@H]2[C@H](CO)N3C(=O)CN(C(=O)c4cccc(F)c4)C[C@@H]23)cc1. The van der Waals surface area contributed by atoms with Crippen LogP contribution in [0.2, 0.25) is 0 Å². The number of aliphatic hydroxyl groups excluding tert-OH is 1. The molecule has 0 aromatic heterocycles. The molecule has 0 bridgehead atoms. The lowest BCUT2D eigenvalue weighted by molar-refractivity contribution is -0.159. The van der Waals surface area contributed by atoms with Gasteiger partial charge in [0.2, 0.25) is 5.91 Å². The van der Waals surface area contributed by atoms with Gasteiger partial charge in [0, 0.05) is 30.0 Å². The molecule has 3 atom stereocenters. The van der Waals surface area contributed by atoms with Crippen molar-refractivity contribution in [3.8, 4) is 11.8 Å². The molecule has 2 amide bonds. The maximum atomic E-state index is 13.6.